The zero-order chi connectivity index (χ0) is 18.7. The molecule has 0 N–H and O–H groups in total. The smallest absolute Gasteiger partial charge is 0.113 e. The van der Waals surface area contributed by atoms with E-state index in [1.165, 1.54) is 89.9 Å². The summed E-state index contributed by atoms with van der Waals surface area (Å²) in [5.41, 5.74) is 0.166. The molecule has 2 atom stereocenters. The van der Waals surface area contributed by atoms with Gasteiger partial charge in [-0.05, 0) is 32.1 Å². The van der Waals surface area contributed by atoms with E-state index in [2.05, 4.69) is 25.7 Å². The monoisotopic (exact) mass is 367 g/mol. The predicted molar refractivity (Wildman–Crippen MR) is 110 cm³/mol. The van der Waals surface area contributed by atoms with Crippen LogP contribution in [-0.2, 0) is 9.47 Å². The Morgan fingerprint density at radius 1 is 0.654 bits per heavy atom. The first-order chi connectivity index (χ1) is 12.8. The van der Waals surface area contributed by atoms with Gasteiger partial charge in [-0.25, -0.2) is 4.90 Å². The van der Waals surface area contributed by atoms with Crippen molar-refractivity contribution in [1.82, 2.24) is 4.90 Å². The summed E-state index contributed by atoms with van der Waals surface area (Å²) in [7, 11) is 0. The highest BCUT2D eigenvalue weighted by atomic mass is 16.6. The van der Waals surface area contributed by atoms with Crippen LogP contribution < -0.4 is 0 Å². The summed E-state index contributed by atoms with van der Waals surface area (Å²) in [4.78, 5) is 2.64. The van der Waals surface area contributed by atoms with Crippen molar-refractivity contribution in [2.45, 2.75) is 135 Å². The van der Waals surface area contributed by atoms with E-state index in [9.17, 15) is 0 Å². The highest BCUT2D eigenvalue weighted by molar-refractivity contribution is 5.01. The molecule has 0 aromatic carbocycles. The van der Waals surface area contributed by atoms with Crippen LogP contribution in [0.1, 0.15) is 117 Å². The summed E-state index contributed by atoms with van der Waals surface area (Å²) < 4.78 is 12.6. The maximum Gasteiger partial charge on any atom is 0.113 e. The molecule has 0 bridgehead atoms. The van der Waals surface area contributed by atoms with E-state index in [-0.39, 0.29) is 5.54 Å². The Bertz CT molecular complexity index is 332. The average molecular weight is 368 g/mol. The van der Waals surface area contributed by atoms with Crippen LogP contribution in [0.5, 0.6) is 0 Å². The molecule has 2 aliphatic heterocycles. The molecule has 2 fully saturated rings. The van der Waals surface area contributed by atoms with Gasteiger partial charge in [0.15, 0.2) is 0 Å². The second-order valence-electron chi connectivity index (χ2n) is 8.63. The maximum atomic E-state index is 6.28. The number of unbranched alkanes of at least 4 members (excludes halogenated alkanes) is 10. The molecular weight excluding hydrogens is 322 g/mol. The van der Waals surface area contributed by atoms with Gasteiger partial charge in [0, 0.05) is 0 Å². The highest BCUT2D eigenvalue weighted by Gasteiger charge is 2.54. The first-order valence-electron chi connectivity index (χ1n) is 11.8. The van der Waals surface area contributed by atoms with E-state index < -0.39 is 0 Å². The van der Waals surface area contributed by atoms with Crippen molar-refractivity contribution in [3.63, 3.8) is 0 Å². The molecule has 0 radical (unpaired) electrons. The Morgan fingerprint density at radius 3 is 1.50 bits per heavy atom. The van der Waals surface area contributed by atoms with Crippen molar-refractivity contribution >= 4 is 0 Å². The summed E-state index contributed by atoms with van der Waals surface area (Å²) in [6.07, 6.45) is 20.4. The summed E-state index contributed by atoms with van der Waals surface area (Å²) in [5.74, 6) is 0. The molecule has 26 heavy (non-hydrogen) atoms. The van der Waals surface area contributed by atoms with Gasteiger partial charge >= 0.3 is 0 Å². The molecule has 154 valence electrons. The van der Waals surface area contributed by atoms with Crippen LogP contribution in [0.4, 0.5) is 0 Å². The number of rotatable bonds is 15. The molecule has 2 heterocycles. The lowest BCUT2D eigenvalue weighted by molar-refractivity contribution is -0.0657. The van der Waals surface area contributed by atoms with E-state index in [1.54, 1.807) is 0 Å². The summed E-state index contributed by atoms with van der Waals surface area (Å²) in [5, 5.41) is 0. The van der Waals surface area contributed by atoms with E-state index in [4.69, 9.17) is 9.47 Å². The molecular formula is C23H45NO2. The highest BCUT2D eigenvalue weighted by Crippen LogP contribution is 2.41. The van der Waals surface area contributed by atoms with Gasteiger partial charge in [0.05, 0.1) is 18.8 Å². The van der Waals surface area contributed by atoms with Crippen LogP contribution in [0, 0.1) is 0 Å². The van der Waals surface area contributed by atoms with Gasteiger partial charge in [0.25, 0.3) is 0 Å². The number of nitrogens with zero attached hydrogens (tertiary/aromatic N) is 1. The zero-order valence-electron chi connectivity index (χ0n) is 17.9. The second kappa shape index (κ2) is 12.4. The van der Waals surface area contributed by atoms with Crippen molar-refractivity contribution in [1.29, 1.82) is 0 Å². The van der Waals surface area contributed by atoms with Crippen LogP contribution in [0.25, 0.3) is 0 Å². The van der Waals surface area contributed by atoms with E-state index in [1.807, 2.05) is 0 Å². The normalized spacial score (nSPS) is 28.7. The van der Waals surface area contributed by atoms with Gasteiger partial charge < -0.3 is 9.47 Å². The van der Waals surface area contributed by atoms with E-state index in [0.717, 1.165) is 19.6 Å². The third-order valence-electron chi connectivity index (χ3n) is 6.52. The van der Waals surface area contributed by atoms with E-state index >= 15 is 0 Å². The van der Waals surface area contributed by atoms with Gasteiger partial charge in [0.1, 0.15) is 12.5 Å². The van der Waals surface area contributed by atoms with Crippen LogP contribution in [0.2, 0.25) is 0 Å². The molecule has 2 unspecified atom stereocenters. The van der Waals surface area contributed by atoms with E-state index in [0.29, 0.717) is 12.5 Å². The largest absolute Gasteiger partial charge is 0.361 e. The fourth-order valence-electron chi connectivity index (χ4n) is 4.68. The SMILES string of the molecule is CCCCCCCCC1OCC2(CC)COC(CCCCCCCC)N12. The van der Waals surface area contributed by atoms with Gasteiger partial charge in [-0.15, -0.1) is 0 Å². The van der Waals surface area contributed by atoms with Crippen molar-refractivity contribution in [2.75, 3.05) is 13.2 Å². The van der Waals surface area contributed by atoms with Gasteiger partial charge in [-0.3, -0.25) is 0 Å². The second-order valence-corrected chi connectivity index (χ2v) is 8.63. The lowest BCUT2D eigenvalue weighted by Crippen LogP contribution is -2.48. The molecule has 3 nitrogen and oxygen atoms in total. The Balaban J connectivity index is 1.73. The topological polar surface area (TPSA) is 21.7 Å². The number of hydrogen-bond acceptors (Lipinski definition) is 3. The number of fused-ring (bicyclic) bond motifs is 1. The fourth-order valence-corrected chi connectivity index (χ4v) is 4.68. The van der Waals surface area contributed by atoms with Gasteiger partial charge in [0.2, 0.25) is 0 Å². The van der Waals surface area contributed by atoms with Crippen molar-refractivity contribution in [3.8, 4) is 0 Å². The summed E-state index contributed by atoms with van der Waals surface area (Å²) in [6, 6.07) is 0. The Morgan fingerprint density at radius 2 is 1.08 bits per heavy atom. The molecule has 0 amide bonds. The van der Waals surface area contributed by atoms with Crippen molar-refractivity contribution in [2.24, 2.45) is 0 Å². The molecule has 2 aliphatic rings. The average Bonchev–Trinajstić information content (AvgIpc) is 3.19. The lowest BCUT2D eigenvalue weighted by Gasteiger charge is -2.33. The standard InChI is InChI=1S/C23H45NO2/c1-4-7-9-11-13-15-17-21-24-22(18-16-14-12-10-8-5-2)26-20-23(24,6-3)19-25-21/h21-22H,4-20H2,1-3H3. The lowest BCUT2D eigenvalue weighted by atomic mass is 9.97. The molecule has 2 saturated heterocycles. The third kappa shape index (κ3) is 6.21. The van der Waals surface area contributed by atoms with Gasteiger partial charge in [-0.1, -0.05) is 85.0 Å². The first kappa shape index (κ1) is 22.2. The fraction of sp³-hybridized carbons (Fsp3) is 1.00. The quantitative estimate of drug-likeness (QED) is 0.302. The molecule has 0 aliphatic carbocycles. The summed E-state index contributed by atoms with van der Waals surface area (Å²) >= 11 is 0. The molecule has 3 heteroatoms. The van der Waals surface area contributed by atoms with Crippen LogP contribution >= 0.6 is 0 Å². The van der Waals surface area contributed by atoms with Crippen LogP contribution in [0.3, 0.4) is 0 Å². The molecule has 0 spiro atoms. The van der Waals surface area contributed by atoms with Crippen molar-refractivity contribution in [3.05, 3.63) is 0 Å². The molecule has 2 rings (SSSR count). The minimum absolute atomic E-state index is 0.166. The molecule has 0 aromatic rings. The maximum absolute atomic E-state index is 6.28. The van der Waals surface area contributed by atoms with Crippen LogP contribution in [0.15, 0.2) is 0 Å². The number of ether oxygens (including phenoxy) is 2. The molecule has 0 saturated carbocycles. The predicted octanol–water partition coefficient (Wildman–Crippen LogP) is 6.65. The number of hydrogen-bond donors (Lipinski definition) is 0. The Labute approximate surface area is 163 Å². The van der Waals surface area contributed by atoms with Crippen LogP contribution in [-0.4, -0.2) is 36.1 Å². The minimum atomic E-state index is 0.166. The Kier molecular flexibility index (Phi) is 10.5. The summed E-state index contributed by atoms with van der Waals surface area (Å²) in [6.45, 7) is 8.62. The minimum Gasteiger partial charge on any atom is -0.361 e. The third-order valence-corrected chi connectivity index (χ3v) is 6.52. The van der Waals surface area contributed by atoms with Crippen molar-refractivity contribution < 1.29 is 9.47 Å². The zero-order valence-corrected chi connectivity index (χ0v) is 17.9. The van der Waals surface area contributed by atoms with Gasteiger partial charge in [-0.2, -0.15) is 0 Å². The Hall–Kier alpha value is -0.120. The first-order valence-corrected chi connectivity index (χ1v) is 11.8. The molecule has 0 aromatic heterocycles.